The second-order valence-electron chi connectivity index (χ2n) is 4.23. The molecule has 0 saturated heterocycles. The highest BCUT2D eigenvalue weighted by molar-refractivity contribution is 4.80. The predicted molar refractivity (Wildman–Crippen MR) is 54.9 cm³/mol. The first-order valence-corrected chi connectivity index (χ1v) is 4.89. The van der Waals surface area contributed by atoms with Crippen molar-refractivity contribution in [3.8, 4) is 0 Å². The zero-order valence-electron chi connectivity index (χ0n) is 9.26. The van der Waals surface area contributed by atoms with Gasteiger partial charge in [-0.15, -0.1) is 0 Å². The highest BCUT2D eigenvalue weighted by Crippen LogP contribution is 2.06. The van der Waals surface area contributed by atoms with Crippen molar-refractivity contribution in [2.24, 2.45) is 0 Å². The SMILES string of the molecule is COCC(C)(C)NC(C)CCCO. The summed E-state index contributed by atoms with van der Waals surface area (Å²) < 4.78 is 5.10. The molecule has 0 amide bonds. The van der Waals surface area contributed by atoms with Crippen molar-refractivity contribution in [3.63, 3.8) is 0 Å². The van der Waals surface area contributed by atoms with Crippen LogP contribution >= 0.6 is 0 Å². The normalized spacial score (nSPS) is 14.5. The van der Waals surface area contributed by atoms with Crippen molar-refractivity contribution in [1.29, 1.82) is 0 Å². The Labute approximate surface area is 81.5 Å². The molecule has 0 fully saturated rings. The van der Waals surface area contributed by atoms with Crippen molar-refractivity contribution < 1.29 is 9.84 Å². The van der Waals surface area contributed by atoms with Gasteiger partial charge >= 0.3 is 0 Å². The summed E-state index contributed by atoms with van der Waals surface area (Å²) in [5, 5.41) is 12.1. The Bertz CT molecular complexity index is 126. The third-order valence-electron chi connectivity index (χ3n) is 1.94. The van der Waals surface area contributed by atoms with Crippen LogP contribution in [0.1, 0.15) is 33.6 Å². The molecule has 0 saturated carbocycles. The zero-order valence-corrected chi connectivity index (χ0v) is 9.26. The van der Waals surface area contributed by atoms with E-state index in [-0.39, 0.29) is 12.1 Å². The summed E-state index contributed by atoms with van der Waals surface area (Å²) in [5.41, 5.74) is 0.0175. The zero-order chi connectivity index (χ0) is 10.3. The number of aliphatic hydroxyl groups is 1. The van der Waals surface area contributed by atoms with Crippen molar-refractivity contribution in [2.45, 2.75) is 45.2 Å². The lowest BCUT2D eigenvalue weighted by atomic mass is 10.0. The predicted octanol–water partition coefficient (Wildman–Crippen LogP) is 1.16. The van der Waals surface area contributed by atoms with Gasteiger partial charge in [0.25, 0.3) is 0 Å². The summed E-state index contributed by atoms with van der Waals surface area (Å²) in [6.07, 6.45) is 1.86. The third kappa shape index (κ3) is 6.99. The number of rotatable bonds is 7. The first-order valence-electron chi connectivity index (χ1n) is 4.89. The molecular formula is C10H23NO2. The van der Waals surface area contributed by atoms with Crippen LogP contribution in [0, 0.1) is 0 Å². The van der Waals surface area contributed by atoms with Gasteiger partial charge in [0, 0.05) is 25.3 Å². The van der Waals surface area contributed by atoms with E-state index < -0.39 is 0 Å². The van der Waals surface area contributed by atoms with E-state index in [2.05, 4.69) is 26.1 Å². The lowest BCUT2D eigenvalue weighted by Crippen LogP contribution is -2.47. The van der Waals surface area contributed by atoms with Crippen LogP contribution in [0.25, 0.3) is 0 Å². The van der Waals surface area contributed by atoms with Crippen LogP contribution < -0.4 is 5.32 Å². The van der Waals surface area contributed by atoms with Crippen molar-refractivity contribution in [3.05, 3.63) is 0 Å². The quantitative estimate of drug-likeness (QED) is 0.631. The van der Waals surface area contributed by atoms with Gasteiger partial charge in [0.15, 0.2) is 0 Å². The largest absolute Gasteiger partial charge is 0.396 e. The first-order chi connectivity index (χ1) is 6.02. The molecule has 0 aliphatic carbocycles. The van der Waals surface area contributed by atoms with E-state index in [9.17, 15) is 0 Å². The van der Waals surface area contributed by atoms with Crippen molar-refractivity contribution in [2.75, 3.05) is 20.3 Å². The fourth-order valence-corrected chi connectivity index (χ4v) is 1.54. The lowest BCUT2D eigenvalue weighted by Gasteiger charge is -2.29. The van der Waals surface area contributed by atoms with E-state index in [0.29, 0.717) is 12.6 Å². The molecule has 2 N–H and O–H groups in total. The van der Waals surface area contributed by atoms with Crippen LogP contribution in [0.5, 0.6) is 0 Å². The number of ether oxygens (including phenoxy) is 1. The minimum atomic E-state index is 0.0175. The molecule has 0 aromatic heterocycles. The van der Waals surface area contributed by atoms with Crippen molar-refractivity contribution in [1.82, 2.24) is 5.32 Å². The molecule has 80 valence electrons. The third-order valence-corrected chi connectivity index (χ3v) is 1.94. The maximum Gasteiger partial charge on any atom is 0.0639 e. The Balaban J connectivity index is 3.68. The topological polar surface area (TPSA) is 41.5 Å². The number of hydrogen-bond donors (Lipinski definition) is 2. The molecule has 0 aromatic rings. The van der Waals surface area contributed by atoms with E-state index in [1.54, 1.807) is 7.11 Å². The molecular weight excluding hydrogens is 166 g/mol. The van der Waals surface area contributed by atoms with Gasteiger partial charge in [-0.2, -0.15) is 0 Å². The first kappa shape index (κ1) is 12.9. The average Bonchev–Trinajstić information content (AvgIpc) is 1.99. The molecule has 0 rings (SSSR count). The molecule has 1 atom stereocenters. The van der Waals surface area contributed by atoms with Gasteiger partial charge in [0.1, 0.15) is 0 Å². The van der Waals surface area contributed by atoms with Crippen LogP contribution in [0.4, 0.5) is 0 Å². The van der Waals surface area contributed by atoms with Crippen LogP contribution in [0.3, 0.4) is 0 Å². The minimum absolute atomic E-state index is 0.0175. The molecule has 0 aromatic carbocycles. The average molecular weight is 189 g/mol. The molecule has 0 aliphatic heterocycles. The Morgan fingerprint density at radius 2 is 2.08 bits per heavy atom. The molecule has 3 heteroatoms. The molecule has 0 spiro atoms. The number of methoxy groups -OCH3 is 1. The minimum Gasteiger partial charge on any atom is -0.396 e. The van der Waals surface area contributed by atoms with E-state index in [1.807, 2.05) is 0 Å². The van der Waals surface area contributed by atoms with E-state index in [0.717, 1.165) is 12.8 Å². The molecule has 0 heterocycles. The fourth-order valence-electron chi connectivity index (χ4n) is 1.54. The van der Waals surface area contributed by atoms with Crippen LogP contribution in [0.15, 0.2) is 0 Å². The monoisotopic (exact) mass is 189 g/mol. The molecule has 1 unspecified atom stereocenters. The summed E-state index contributed by atoms with van der Waals surface area (Å²) in [6.45, 7) is 7.35. The van der Waals surface area contributed by atoms with E-state index in [4.69, 9.17) is 9.84 Å². The molecule has 13 heavy (non-hydrogen) atoms. The van der Waals surface area contributed by atoms with Gasteiger partial charge in [-0.25, -0.2) is 0 Å². The maximum absolute atomic E-state index is 8.66. The smallest absolute Gasteiger partial charge is 0.0639 e. The highest BCUT2D eigenvalue weighted by Gasteiger charge is 2.19. The van der Waals surface area contributed by atoms with Gasteiger partial charge in [-0.1, -0.05) is 0 Å². The number of aliphatic hydroxyl groups excluding tert-OH is 1. The Morgan fingerprint density at radius 1 is 1.46 bits per heavy atom. The Morgan fingerprint density at radius 3 is 2.54 bits per heavy atom. The summed E-state index contributed by atoms with van der Waals surface area (Å²) in [6, 6.07) is 0.428. The summed E-state index contributed by atoms with van der Waals surface area (Å²) in [5.74, 6) is 0. The van der Waals surface area contributed by atoms with Crippen molar-refractivity contribution >= 4 is 0 Å². The number of hydrogen-bond acceptors (Lipinski definition) is 3. The molecule has 0 radical (unpaired) electrons. The highest BCUT2D eigenvalue weighted by atomic mass is 16.5. The van der Waals surface area contributed by atoms with Crippen LogP contribution in [-0.4, -0.2) is 37.0 Å². The second-order valence-corrected chi connectivity index (χ2v) is 4.23. The van der Waals surface area contributed by atoms with Gasteiger partial charge in [-0.3, -0.25) is 0 Å². The summed E-state index contributed by atoms with van der Waals surface area (Å²) in [4.78, 5) is 0. The second kappa shape index (κ2) is 6.35. The molecule has 0 aliphatic rings. The van der Waals surface area contributed by atoms with Crippen LogP contribution in [0.2, 0.25) is 0 Å². The Hall–Kier alpha value is -0.120. The summed E-state index contributed by atoms with van der Waals surface area (Å²) in [7, 11) is 1.71. The fraction of sp³-hybridized carbons (Fsp3) is 1.00. The van der Waals surface area contributed by atoms with Gasteiger partial charge in [0.05, 0.1) is 6.61 Å². The van der Waals surface area contributed by atoms with Gasteiger partial charge < -0.3 is 15.2 Å². The van der Waals surface area contributed by atoms with Gasteiger partial charge in [0.2, 0.25) is 0 Å². The molecule has 3 nitrogen and oxygen atoms in total. The summed E-state index contributed by atoms with van der Waals surface area (Å²) >= 11 is 0. The number of nitrogens with one attached hydrogen (secondary N) is 1. The Kier molecular flexibility index (Phi) is 6.29. The van der Waals surface area contributed by atoms with E-state index in [1.165, 1.54) is 0 Å². The standard InChI is InChI=1S/C10H23NO2/c1-9(6-5-7-12)11-10(2,3)8-13-4/h9,11-12H,5-8H2,1-4H3. The van der Waals surface area contributed by atoms with Crippen LogP contribution in [-0.2, 0) is 4.74 Å². The van der Waals surface area contributed by atoms with Gasteiger partial charge in [-0.05, 0) is 33.6 Å². The maximum atomic E-state index is 8.66. The molecule has 0 bridgehead atoms. The lowest BCUT2D eigenvalue weighted by molar-refractivity contribution is 0.120. The van der Waals surface area contributed by atoms with E-state index >= 15 is 0 Å².